The molecule has 150 valence electrons. The first-order valence-electron chi connectivity index (χ1n) is 10.1. The molecule has 1 saturated heterocycles. The summed E-state index contributed by atoms with van der Waals surface area (Å²) in [6.07, 6.45) is 15.4. The highest BCUT2D eigenvalue weighted by Gasteiger charge is 2.48. The number of rotatable bonds is 4. The van der Waals surface area contributed by atoms with E-state index >= 15 is 0 Å². The third kappa shape index (κ3) is 3.60. The number of carbonyl (C=O) groups is 1. The number of anilines is 2. The molecule has 4 rings (SSSR count). The molecule has 0 saturated carbocycles. The first-order chi connectivity index (χ1) is 14.2. The first kappa shape index (κ1) is 19.1. The van der Waals surface area contributed by atoms with Gasteiger partial charge < -0.3 is 19.9 Å². The second-order valence-electron chi connectivity index (χ2n) is 7.51. The average molecular weight is 389 g/mol. The normalized spacial score (nSPS) is 22.9. The minimum absolute atomic E-state index is 0.243. The van der Waals surface area contributed by atoms with Crippen LogP contribution in [0.5, 0.6) is 0 Å². The summed E-state index contributed by atoms with van der Waals surface area (Å²) in [5, 5.41) is 3.73. The van der Waals surface area contributed by atoms with Crippen LogP contribution in [0.1, 0.15) is 19.8 Å². The second-order valence-corrected chi connectivity index (χ2v) is 7.51. The molecular weight excluding hydrogens is 362 g/mol. The number of likely N-dealkylation sites (tertiary alicyclic amines) is 1. The van der Waals surface area contributed by atoms with Gasteiger partial charge in [0.15, 0.2) is 0 Å². The maximum Gasteiger partial charge on any atom is 0.410 e. The maximum absolute atomic E-state index is 12.7. The molecule has 0 bridgehead atoms. The molecule has 1 N–H and O–H groups in total. The summed E-state index contributed by atoms with van der Waals surface area (Å²) in [6, 6.07) is 8.31. The first-order valence-corrected chi connectivity index (χ1v) is 10.1. The number of benzene rings is 1. The van der Waals surface area contributed by atoms with Crippen molar-refractivity contribution in [2.75, 3.05) is 29.9 Å². The summed E-state index contributed by atoms with van der Waals surface area (Å²) in [5.74, 6) is 0. The summed E-state index contributed by atoms with van der Waals surface area (Å²) < 4.78 is 5.58. The van der Waals surface area contributed by atoms with Gasteiger partial charge in [-0.05, 0) is 37.5 Å². The molecular formula is C24H27N3O2. The van der Waals surface area contributed by atoms with Gasteiger partial charge in [0.25, 0.3) is 0 Å². The topological polar surface area (TPSA) is 44.8 Å². The van der Waals surface area contributed by atoms with E-state index in [9.17, 15) is 4.79 Å². The number of hydrogen-bond acceptors (Lipinski definition) is 4. The largest absolute Gasteiger partial charge is 0.445 e. The van der Waals surface area contributed by atoms with E-state index < -0.39 is 0 Å². The number of fused-ring (bicyclic) bond motifs is 4. The molecule has 3 aliphatic heterocycles. The predicted octanol–water partition coefficient (Wildman–Crippen LogP) is 4.99. The zero-order chi connectivity index (χ0) is 20.3. The van der Waals surface area contributed by atoms with E-state index in [0.29, 0.717) is 13.1 Å². The van der Waals surface area contributed by atoms with Crippen molar-refractivity contribution in [1.29, 1.82) is 0 Å². The Balaban J connectivity index is 1.51. The fourth-order valence-corrected chi connectivity index (χ4v) is 4.30. The lowest BCUT2D eigenvalue weighted by molar-refractivity contribution is 0.118. The molecule has 1 aromatic rings. The van der Waals surface area contributed by atoms with Crippen LogP contribution in [0, 0.1) is 0 Å². The Kier molecular flexibility index (Phi) is 5.30. The van der Waals surface area contributed by atoms with E-state index in [1.54, 1.807) is 11.0 Å². The maximum atomic E-state index is 12.7. The summed E-state index contributed by atoms with van der Waals surface area (Å²) >= 11 is 0. The SMILES string of the molecule is C=C/C=C(\C=C/C)COC(=O)N1CCC2(C1)Nc1ccccc1N1C=CCC=C12. The molecule has 0 aromatic heterocycles. The Morgan fingerprint density at radius 2 is 2.24 bits per heavy atom. The Bertz CT molecular complexity index is 928. The van der Waals surface area contributed by atoms with Crippen LogP contribution in [0.2, 0.25) is 0 Å². The Morgan fingerprint density at radius 1 is 1.38 bits per heavy atom. The van der Waals surface area contributed by atoms with Gasteiger partial charge in [0, 0.05) is 18.4 Å². The number of ether oxygens (including phenoxy) is 1. The predicted molar refractivity (Wildman–Crippen MR) is 118 cm³/mol. The molecule has 5 nitrogen and oxygen atoms in total. The van der Waals surface area contributed by atoms with E-state index in [1.165, 1.54) is 5.70 Å². The van der Waals surface area contributed by atoms with Crippen LogP contribution >= 0.6 is 0 Å². The fraction of sp³-hybridized carbons (Fsp3) is 0.292. The smallest absolute Gasteiger partial charge is 0.410 e. The van der Waals surface area contributed by atoms with Gasteiger partial charge in [-0.2, -0.15) is 0 Å². The van der Waals surface area contributed by atoms with Crippen LogP contribution in [0.15, 0.2) is 84.8 Å². The quantitative estimate of drug-likeness (QED) is 0.737. The lowest BCUT2D eigenvalue weighted by Crippen LogP contribution is -2.51. The second kappa shape index (κ2) is 8.03. The van der Waals surface area contributed by atoms with Crippen molar-refractivity contribution in [3.63, 3.8) is 0 Å². The van der Waals surface area contributed by atoms with Crippen molar-refractivity contribution in [3.8, 4) is 0 Å². The molecule has 5 heteroatoms. The van der Waals surface area contributed by atoms with Crippen LogP contribution in [-0.2, 0) is 4.74 Å². The minimum Gasteiger partial charge on any atom is -0.445 e. The summed E-state index contributed by atoms with van der Waals surface area (Å²) in [6.45, 7) is 7.14. The molecule has 1 amide bonds. The van der Waals surface area contributed by atoms with E-state index in [-0.39, 0.29) is 18.2 Å². The third-order valence-corrected chi connectivity index (χ3v) is 5.59. The summed E-state index contributed by atoms with van der Waals surface area (Å²) in [4.78, 5) is 16.8. The average Bonchev–Trinajstić information content (AvgIpc) is 3.17. The van der Waals surface area contributed by atoms with Gasteiger partial charge in [0.2, 0.25) is 0 Å². The van der Waals surface area contributed by atoms with Gasteiger partial charge in [-0.15, -0.1) is 0 Å². The minimum atomic E-state index is -0.290. The zero-order valence-electron chi connectivity index (χ0n) is 16.8. The number of allylic oxidation sites excluding steroid dienone is 5. The van der Waals surface area contributed by atoms with Crippen LogP contribution in [0.3, 0.4) is 0 Å². The van der Waals surface area contributed by atoms with E-state index in [2.05, 4.69) is 53.3 Å². The molecule has 1 spiro atoms. The highest BCUT2D eigenvalue weighted by Crippen LogP contribution is 2.45. The molecule has 0 radical (unpaired) electrons. The number of para-hydroxylation sites is 2. The monoisotopic (exact) mass is 389 g/mol. The molecule has 1 atom stereocenters. The van der Waals surface area contributed by atoms with Crippen molar-refractivity contribution in [2.45, 2.75) is 25.3 Å². The summed E-state index contributed by atoms with van der Waals surface area (Å²) in [7, 11) is 0. The van der Waals surface area contributed by atoms with Crippen molar-refractivity contribution in [2.24, 2.45) is 0 Å². The number of nitrogens with zero attached hydrogens (tertiary/aromatic N) is 2. The molecule has 29 heavy (non-hydrogen) atoms. The van der Waals surface area contributed by atoms with E-state index in [1.807, 2.05) is 31.2 Å². The van der Waals surface area contributed by atoms with Crippen LogP contribution in [-0.4, -0.2) is 36.2 Å². The van der Waals surface area contributed by atoms with Crippen molar-refractivity contribution in [3.05, 3.63) is 84.8 Å². The molecule has 1 fully saturated rings. The number of amides is 1. The van der Waals surface area contributed by atoms with E-state index in [4.69, 9.17) is 4.74 Å². The Morgan fingerprint density at radius 3 is 3.07 bits per heavy atom. The van der Waals surface area contributed by atoms with Gasteiger partial charge in [-0.25, -0.2) is 4.79 Å². The number of hydrogen-bond donors (Lipinski definition) is 1. The molecule has 1 aromatic carbocycles. The lowest BCUT2D eigenvalue weighted by atomic mass is 9.87. The van der Waals surface area contributed by atoms with Gasteiger partial charge in [-0.3, -0.25) is 0 Å². The van der Waals surface area contributed by atoms with Crippen LogP contribution < -0.4 is 10.2 Å². The lowest BCUT2D eigenvalue weighted by Gasteiger charge is -2.45. The van der Waals surface area contributed by atoms with Gasteiger partial charge in [0.05, 0.1) is 23.5 Å². The standard InChI is InChI=1S/C24H27N3O2/c1-3-9-19(10-4-2)17-29-23(28)26-16-14-24(18-26)22-13-7-8-15-27(22)21-12-6-5-11-20(21)25-24/h3-6,8-13,15,25H,1,7,14,16-18H2,2H3/b10-4-,19-9+. The molecule has 3 aliphatic rings. The molecule has 1 unspecified atom stereocenters. The van der Waals surface area contributed by atoms with E-state index in [0.717, 1.165) is 29.8 Å². The summed E-state index contributed by atoms with van der Waals surface area (Å²) in [5.41, 5.74) is 4.08. The molecule has 0 aliphatic carbocycles. The van der Waals surface area contributed by atoms with Crippen molar-refractivity contribution >= 4 is 17.5 Å². The van der Waals surface area contributed by atoms with Crippen LogP contribution in [0.25, 0.3) is 0 Å². The Hall–Kier alpha value is -3.21. The van der Waals surface area contributed by atoms with Crippen molar-refractivity contribution < 1.29 is 9.53 Å². The number of nitrogens with one attached hydrogen (secondary N) is 1. The fourth-order valence-electron chi connectivity index (χ4n) is 4.30. The number of carbonyl (C=O) groups excluding carboxylic acids is 1. The Labute approximate surface area is 172 Å². The van der Waals surface area contributed by atoms with Crippen molar-refractivity contribution in [1.82, 2.24) is 4.90 Å². The van der Waals surface area contributed by atoms with Crippen LogP contribution in [0.4, 0.5) is 16.2 Å². The highest BCUT2D eigenvalue weighted by atomic mass is 16.6. The third-order valence-electron chi connectivity index (χ3n) is 5.59. The highest BCUT2D eigenvalue weighted by molar-refractivity contribution is 5.81. The molecule has 3 heterocycles. The van der Waals surface area contributed by atoms with Gasteiger partial charge in [0.1, 0.15) is 6.61 Å². The van der Waals surface area contributed by atoms with Gasteiger partial charge >= 0.3 is 6.09 Å². The zero-order valence-corrected chi connectivity index (χ0v) is 16.8. The van der Waals surface area contributed by atoms with Gasteiger partial charge in [-0.1, -0.05) is 55.2 Å².